The molecule has 0 aromatic rings. The van der Waals surface area contributed by atoms with E-state index in [0.29, 0.717) is 38.5 Å². The number of rotatable bonds is 1. The van der Waals surface area contributed by atoms with Crippen molar-refractivity contribution in [1.82, 2.24) is 0 Å². The molecule has 0 N–H and O–H groups in total. The van der Waals surface area contributed by atoms with Crippen molar-refractivity contribution in [2.24, 2.45) is 23.7 Å². The van der Waals surface area contributed by atoms with Crippen molar-refractivity contribution in [2.45, 2.75) is 13.3 Å². The van der Waals surface area contributed by atoms with Crippen molar-refractivity contribution < 1.29 is 4.79 Å². The fourth-order valence-corrected chi connectivity index (χ4v) is 5.80. The van der Waals surface area contributed by atoms with Gasteiger partial charge in [0.05, 0.1) is 0 Å². The Kier molecular flexibility index (Phi) is 2.12. The fraction of sp³-hybridized carbons (Fsp3) is 0.778. The maximum atomic E-state index is 10.8. The molecule has 1 heterocycles. The predicted octanol–water partition coefficient (Wildman–Crippen LogP) is 1.86. The van der Waals surface area contributed by atoms with Gasteiger partial charge in [0.15, 0.2) is 0 Å². The number of alkyl halides is 1. The van der Waals surface area contributed by atoms with E-state index >= 15 is 0 Å². The van der Waals surface area contributed by atoms with Crippen LogP contribution in [0, 0.1) is 23.7 Å². The standard InChI is InChI=1S/C9H13IO/c1-6-7-2-8(4-10-3-7)9(6)5-11/h4-9H,2-3H2,1H3. The quantitative estimate of drug-likeness (QED) is 0.401. The fourth-order valence-electron chi connectivity index (χ4n) is 2.27. The Morgan fingerprint density at radius 1 is 1.64 bits per heavy atom. The summed E-state index contributed by atoms with van der Waals surface area (Å²) in [6.45, 7) is 2.26. The zero-order valence-electron chi connectivity index (χ0n) is 6.66. The van der Waals surface area contributed by atoms with Crippen LogP contribution in [0.4, 0.5) is 0 Å². The van der Waals surface area contributed by atoms with Crippen molar-refractivity contribution in [3.05, 3.63) is 0 Å². The minimum absolute atomic E-state index is 0.352. The van der Waals surface area contributed by atoms with Gasteiger partial charge in [0.1, 0.15) is 6.29 Å². The third-order valence-electron chi connectivity index (χ3n) is 3.12. The molecule has 2 aliphatic rings. The summed E-state index contributed by atoms with van der Waals surface area (Å²) in [4.78, 5) is 10.8. The van der Waals surface area contributed by atoms with Crippen LogP contribution >= 0.6 is 20.7 Å². The van der Waals surface area contributed by atoms with Crippen LogP contribution in [0.3, 0.4) is 0 Å². The van der Waals surface area contributed by atoms with Crippen molar-refractivity contribution >= 4 is 31.0 Å². The van der Waals surface area contributed by atoms with Gasteiger partial charge in [-0.05, 0) is 28.6 Å². The van der Waals surface area contributed by atoms with Crippen LogP contribution in [-0.4, -0.2) is 14.7 Å². The summed E-state index contributed by atoms with van der Waals surface area (Å²) >= 11 is 0.352. The lowest BCUT2D eigenvalue weighted by Gasteiger charge is -2.13. The lowest BCUT2D eigenvalue weighted by Crippen LogP contribution is -2.15. The molecule has 62 valence electrons. The van der Waals surface area contributed by atoms with Crippen molar-refractivity contribution in [3.63, 3.8) is 0 Å². The highest BCUT2D eigenvalue weighted by Gasteiger charge is 2.40. The SMILES string of the molecule is CC1C2CI=CC(C2)C1C=O. The third kappa shape index (κ3) is 1.19. The van der Waals surface area contributed by atoms with E-state index in [2.05, 4.69) is 10.9 Å². The number of aldehydes is 1. The average Bonchev–Trinajstić information content (AvgIpc) is 2.25. The van der Waals surface area contributed by atoms with Crippen molar-refractivity contribution in [3.8, 4) is 0 Å². The van der Waals surface area contributed by atoms with Gasteiger partial charge >= 0.3 is 0 Å². The number of fused-ring (bicyclic) bond motifs is 2. The highest BCUT2D eigenvalue weighted by molar-refractivity contribution is 14.2. The summed E-state index contributed by atoms with van der Waals surface area (Å²) in [6.07, 6.45) is 2.51. The van der Waals surface area contributed by atoms with Crippen LogP contribution in [0.2, 0.25) is 0 Å². The summed E-state index contributed by atoms with van der Waals surface area (Å²) in [5.41, 5.74) is 0. The molecule has 1 saturated carbocycles. The first-order valence-electron chi connectivity index (χ1n) is 4.19. The van der Waals surface area contributed by atoms with Gasteiger partial charge in [-0.3, -0.25) is 0 Å². The highest BCUT2D eigenvalue weighted by Crippen LogP contribution is 2.44. The molecule has 1 aliphatic carbocycles. The smallest absolute Gasteiger partial charge is 0.123 e. The second-order valence-corrected chi connectivity index (χ2v) is 6.15. The normalized spacial score (nSPS) is 48.5. The highest BCUT2D eigenvalue weighted by atomic mass is 127. The van der Waals surface area contributed by atoms with Crippen LogP contribution in [0.25, 0.3) is 0 Å². The van der Waals surface area contributed by atoms with Gasteiger partial charge < -0.3 is 4.79 Å². The maximum absolute atomic E-state index is 10.8. The van der Waals surface area contributed by atoms with Gasteiger partial charge in [0.2, 0.25) is 0 Å². The van der Waals surface area contributed by atoms with Gasteiger partial charge in [0.25, 0.3) is 0 Å². The molecule has 11 heavy (non-hydrogen) atoms. The molecule has 2 rings (SSSR count). The van der Waals surface area contributed by atoms with E-state index in [-0.39, 0.29) is 0 Å². The van der Waals surface area contributed by atoms with Crippen molar-refractivity contribution in [1.29, 1.82) is 0 Å². The maximum Gasteiger partial charge on any atom is 0.123 e. The predicted molar refractivity (Wildman–Crippen MR) is 55.3 cm³/mol. The molecule has 0 spiro atoms. The molecule has 4 atom stereocenters. The molecule has 2 heteroatoms. The Balaban J connectivity index is 2.24. The van der Waals surface area contributed by atoms with Crippen molar-refractivity contribution in [2.75, 3.05) is 4.43 Å². The molecule has 1 aliphatic heterocycles. The first-order valence-corrected chi connectivity index (χ1v) is 6.96. The third-order valence-corrected chi connectivity index (χ3v) is 6.19. The number of hydrogen-bond acceptors (Lipinski definition) is 1. The average molecular weight is 264 g/mol. The van der Waals surface area contributed by atoms with E-state index in [1.165, 1.54) is 17.1 Å². The first-order chi connectivity index (χ1) is 5.33. The zero-order chi connectivity index (χ0) is 7.84. The summed E-state index contributed by atoms with van der Waals surface area (Å²) < 4.78 is 3.90. The van der Waals surface area contributed by atoms with E-state index in [1.54, 1.807) is 0 Å². The summed E-state index contributed by atoms with van der Waals surface area (Å²) in [5.74, 6) is 2.63. The molecular formula is C9H13IO. The van der Waals surface area contributed by atoms with Gasteiger partial charge in [-0.2, -0.15) is 0 Å². The largest absolute Gasteiger partial charge is 0.303 e. The second-order valence-electron chi connectivity index (χ2n) is 3.67. The number of carbonyl (C=O) groups is 1. The van der Waals surface area contributed by atoms with E-state index in [4.69, 9.17) is 0 Å². The first kappa shape index (κ1) is 7.90. The Morgan fingerprint density at radius 2 is 2.45 bits per heavy atom. The summed E-state index contributed by atoms with van der Waals surface area (Å²) in [6, 6.07) is 0. The second kappa shape index (κ2) is 2.96. The lowest BCUT2D eigenvalue weighted by molar-refractivity contribution is -0.112. The lowest BCUT2D eigenvalue weighted by atomic mass is 9.91. The molecule has 0 aromatic carbocycles. The molecule has 1 fully saturated rings. The molecule has 0 amide bonds. The molecule has 4 unspecified atom stereocenters. The molecule has 1 nitrogen and oxygen atoms in total. The van der Waals surface area contributed by atoms with Crippen LogP contribution < -0.4 is 0 Å². The van der Waals surface area contributed by atoms with Gasteiger partial charge in [0, 0.05) is 5.92 Å². The zero-order valence-corrected chi connectivity index (χ0v) is 8.82. The Labute approximate surface area is 77.3 Å². The molecule has 0 saturated heterocycles. The molecule has 0 radical (unpaired) electrons. The minimum atomic E-state index is 0.352. The van der Waals surface area contributed by atoms with Gasteiger partial charge in [-0.1, -0.05) is 10.9 Å². The van der Waals surface area contributed by atoms with Crippen LogP contribution in [0.15, 0.2) is 0 Å². The Hall–Kier alpha value is 0.270. The van der Waals surface area contributed by atoms with E-state index in [0.717, 1.165) is 5.92 Å². The van der Waals surface area contributed by atoms with E-state index in [1.807, 2.05) is 0 Å². The van der Waals surface area contributed by atoms with E-state index in [9.17, 15) is 4.79 Å². The number of carbonyl (C=O) groups excluding carboxylic acids is 1. The molecule has 2 bridgehead atoms. The monoisotopic (exact) mass is 264 g/mol. The number of halogens is 1. The van der Waals surface area contributed by atoms with Crippen LogP contribution in [0.1, 0.15) is 13.3 Å². The topological polar surface area (TPSA) is 17.1 Å². The van der Waals surface area contributed by atoms with E-state index < -0.39 is 0 Å². The van der Waals surface area contributed by atoms with Gasteiger partial charge in [-0.15, -0.1) is 20.7 Å². The summed E-state index contributed by atoms with van der Waals surface area (Å²) in [7, 11) is 0. The summed E-state index contributed by atoms with van der Waals surface area (Å²) in [5, 5.41) is 0. The van der Waals surface area contributed by atoms with Gasteiger partial charge in [-0.25, -0.2) is 0 Å². The molecular weight excluding hydrogens is 251 g/mol. The number of hydrogen-bond donors (Lipinski definition) is 0. The molecule has 0 aromatic heterocycles. The van der Waals surface area contributed by atoms with Crippen LogP contribution in [0.5, 0.6) is 0 Å². The Morgan fingerprint density at radius 3 is 3.09 bits per heavy atom. The van der Waals surface area contributed by atoms with Crippen LogP contribution in [-0.2, 0) is 4.79 Å². The minimum Gasteiger partial charge on any atom is -0.303 e. The Bertz CT molecular complexity index is 200.